The standard InChI is InChI=1S/C17H23N3O3S/c1-4-5-15-6-8-16(9-7-15)24(22,23)18-10-11-20-14(3)12-13(2)19-17(20)21/h6-9,12,18H,4-5,10-11H2,1-3H3. The molecular formula is C17H23N3O3S. The van der Waals surface area contributed by atoms with E-state index in [1.165, 1.54) is 4.57 Å². The van der Waals surface area contributed by atoms with Gasteiger partial charge in [0.25, 0.3) is 0 Å². The summed E-state index contributed by atoms with van der Waals surface area (Å²) in [6.07, 6.45) is 1.94. The minimum atomic E-state index is -3.58. The van der Waals surface area contributed by atoms with E-state index in [9.17, 15) is 13.2 Å². The molecule has 0 spiro atoms. The first-order chi connectivity index (χ1) is 11.3. The fraction of sp³-hybridized carbons (Fsp3) is 0.412. The van der Waals surface area contributed by atoms with E-state index in [0.717, 1.165) is 24.1 Å². The zero-order valence-electron chi connectivity index (χ0n) is 14.2. The first-order valence-corrected chi connectivity index (χ1v) is 9.45. The normalized spacial score (nSPS) is 11.6. The lowest BCUT2D eigenvalue weighted by Gasteiger charge is -2.11. The largest absolute Gasteiger partial charge is 0.348 e. The lowest BCUT2D eigenvalue weighted by Crippen LogP contribution is -2.33. The maximum Gasteiger partial charge on any atom is 0.348 e. The summed E-state index contributed by atoms with van der Waals surface area (Å²) in [5.41, 5.74) is 2.16. The van der Waals surface area contributed by atoms with Crippen molar-refractivity contribution in [2.24, 2.45) is 0 Å². The topological polar surface area (TPSA) is 81.1 Å². The Morgan fingerprint density at radius 2 is 1.83 bits per heavy atom. The molecule has 24 heavy (non-hydrogen) atoms. The van der Waals surface area contributed by atoms with E-state index >= 15 is 0 Å². The highest BCUT2D eigenvalue weighted by Gasteiger charge is 2.13. The molecule has 1 aromatic heterocycles. The van der Waals surface area contributed by atoms with Crippen molar-refractivity contribution in [3.63, 3.8) is 0 Å². The molecule has 0 aliphatic carbocycles. The Balaban J connectivity index is 2.04. The molecule has 7 heteroatoms. The predicted octanol–water partition coefficient (Wildman–Crippen LogP) is 1.79. The molecule has 0 atom stereocenters. The molecule has 1 aromatic carbocycles. The highest BCUT2D eigenvalue weighted by atomic mass is 32.2. The maximum atomic E-state index is 12.3. The van der Waals surface area contributed by atoms with Crippen LogP contribution in [0.15, 0.2) is 40.0 Å². The zero-order valence-corrected chi connectivity index (χ0v) is 15.1. The van der Waals surface area contributed by atoms with Crippen molar-refractivity contribution < 1.29 is 8.42 Å². The first-order valence-electron chi connectivity index (χ1n) is 7.97. The van der Waals surface area contributed by atoms with Gasteiger partial charge in [0.15, 0.2) is 0 Å². The monoisotopic (exact) mass is 349 g/mol. The van der Waals surface area contributed by atoms with Gasteiger partial charge in [0.1, 0.15) is 0 Å². The number of aromatic nitrogens is 2. The van der Waals surface area contributed by atoms with Crippen LogP contribution < -0.4 is 10.4 Å². The Labute approximate surface area is 142 Å². The fourth-order valence-corrected chi connectivity index (χ4v) is 3.57. The Bertz CT molecular complexity index is 856. The zero-order chi connectivity index (χ0) is 17.7. The van der Waals surface area contributed by atoms with Crippen molar-refractivity contribution in [2.45, 2.75) is 45.1 Å². The molecule has 0 radical (unpaired) electrons. The molecule has 0 fully saturated rings. The van der Waals surface area contributed by atoms with Gasteiger partial charge in [-0.15, -0.1) is 0 Å². The summed E-state index contributed by atoms with van der Waals surface area (Å²) >= 11 is 0. The van der Waals surface area contributed by atoms with Gasteiger partial charge in [-0.3, -0.25) is 4.57 Å². The van der Waals surface area contributed by atoms with Gasteiger partial charge in [0.05, 0.1) is 4.90 Å². The average molecular weight is 349 g/mol. The number of nitrogens with one attached hydrogen (secondary N) is 1. The van der Waals surface area contributed by atoms with Gasteiger partial charge in [-0.1, -0.05) is 25.5 Å². The molecule has 1 heterocycles. The van der Waals surface area contributed by atoms with Crippen molar-refractivity contribution in [1.29, 1.82) is 0 Å². The van der Waals surface area contributed by atoms with Crippen LogP contribution in [-0.4, -0.2) is 24.5 Å². The number of hydrogen-bond donors (Lipinski definition) is 1. The number of hydrogen-bond acceptors (Lipinski definition) is 4. The number of nitrogens with zero attached hydrogens (tertiary/aromatic N) is 2. The molecule has 1 N–H and O–H groups in total. The Hall–Kier alpha value is -1.99. The van der Waals surface area contributed by atoms with Gasteiger partial charge in [-0.25, -0.2) is 17.9 Å². The van der Waals surface area contributed by atoms with Crippen LogP contribution in [-0.2, 0) is 23.0 Å². The molecule has 6 nitrogen and oxygen atoms in total. The molecule has 0 unspecified atom stereocenters. The molecule has 130 valence electrons. The minimum absolute atomic E-state index is 0.129. The summed E-state index contributed by atoms with van der Waals surface area (Å²) in [7, 11) is -3.58. The van der Waals surface area contributed by atoms with Crippen LogP contribution in [0, 0.1) is 13.8 Å². The summed E-state index contributed by atoms with van der Waals surface area (Å²) in [6.45, 7) is 6.01. The molecular weight excluding hydrogens is 326 g/mol. The van der Waals surface area contributed by atoms with Crippen LogP contribution in [0.2, 0.25) is 0 Å². The van der Waals surface area contributed by atoms with Gasteiger partial charge >= 0.3 is 5.69 Å². The summed E-state index contributed by atoms with van der Waals surface area (Å²) in [6, 6.07) is 8.67. The Morgan fingerprint density at radius 1 is 1.17 bits per heavy atom. The quantitative estimate of drug-likeness (QED) is 0.826. The molecule has 0 aliphatic heterocycles. The van der Waals surface area contributed by atoms with Gasteiger partial charge < -0.3 is 0 Å². The fourth-order valence-electron chi connectivity index (χ4n) is 2.55. The molecule has 0 saturated carbocycles. The van der Waals surface area contributed by atoms with Crippen LogP contribution >= 0.6 is 0 Å². The molecule has 2 aromatic rings. The highest BCUT2D eigenvalue weighted by molar-refractivity contribution is 7.89. The summed E-state index contributed by atoms with van der Waals surface area (Å²) < 4.78 is 28.6. The molecule has 0 bridgehead atoms. The lowest BCUT2D eigenvalue weighted by molar-refractivity contribution is 0.564. The second-order valence-electron chi connectivity index (χ2n) is 5.76. The van der Waals surface area contributed by atoms with E-state index in [2.05, 4.69) is 16.6 Å². The first kappa shape index (κ1) is 18.4. The minimum Gasteiger partial charge on any atom is -0.295 e. The van der Waals surface area contributed by atoms with Crippen LogP contribution in [0.5, 0.6) is 0 Å². The molecule has 0 amide bonds. The SMILES string of the molecule is CCCc1ccc(S(=O)(=O)NCCn2c(C)cc(C)nc2=O)cc1. The molecule has 2 rings (SSSR count). The predicted molar refractivity (Wildman–Crippen MR) is 93.6 cm³/mol. The smallest absolute Gasteiger partial charge is 0.295 e. The molecule has 0 saturated heterocycles. The van der Waals surface area contributed by atoms with Gasteiger partial charge in [0, 0.05) is 24.5 Å². The summed E-state index contributed by atoms with van der Waals surface area (Å²) in [5.74, 6) is 0. The number of rotatable bonds is 7. The van der Waals surface area contributed by atoms with Crippen LogP contribution in [0.1, 0.15) is 30.3 Å². The second-order valence-corrected chi connectivity index (χ2v) is 7.53. The summed E-state index contributed by atoms with van der Waals surface area (Å²) in [5, 5.41) is 0. The van der Waals surface area contributed by atoms with Crippen LogP contribution in [0.25, 0.3) is 0 Å². The number of aryl methyl sites for hydroxylation is 3. The van der Waals surface area contributed by atoms with Crippen molar-refractivity contribution in [3.8, 4) is 0 Å². The third kappa shape index (κ3) is 4.52. The van der Waals surface area contributed by atoms with Crippen molar-refractivity contribution >= 4 is 10.0 Å². The number of benzene rings is 1. The highest BCUT2D eigenvalue weighted by Crippen LogP contribution is 2.11. The molecule has 0 aliphatic rings. The van der Waals surface area contributed by atoms with Crippen molar-refractivity contribution in [2.75, 3.05) is 6.54 Å². The summed E-state index contributed by atoms with van der Waals surface area (Å²) in [4.78, 5) is 16.0. The van der Waals surface area contributed by atoms with E-state index in [4.69, 9.17) is 0 Å². The lowest BCUT2D eigenvalue weighted by atomic mass is 10.1. The third-order valence-electron chi connectivity index (χ3n) is 3.75. The van der Waals surface area contributed by atoms with Crippen LogP contribution in [0.4, 0.5) is 0 Å². The van der Waals surface area contributed by atoms with E-state index in [0.29, 0.717) is 5.69 Å². The maximum absolute atomic E-state index is 12.3. The second kappa shape index (κ2) is 7.72. The van der Waals surface area contributed by atoms with Crippen molar-refractivity contribution in [1.82, 2.24) is 14.3 Å². The van der Waals surface area contributed by atoms with Crippen molar-refractivity contribution in [3.05, 3.63) is 57.8 Å². The van der Waals surface area contributed by atoms with Gasteiger partial charge in [-0.05, 0) is 44.0 Å². The van der Waals surface area contributed by atoms with E-state index in [-0.39, 0.29) is 23.7 Å². The van der Waals surface area contributed by atoms with E-state index in [1.807, 2.05) is 12.1 Å². The third-order valence-corrected chi connectivity index (χ3v) is 5.22. The van der Waals surface area contributed by atoms with Crippen LogP contribution in [0.3, 0.4) is 0 Å². The van der Waals surface area contributed by atoms with E-state index in [1.54, 1.807) is 32.0 Å². The Morgan fingerprint density at radius 3 is 2.42 bits per heavy atom. The van der Waals surface area contributed by atoms with Gasteiger partial charge in [-0.2, -0.15) is 4.98 Å². The van der Waals surface area contributed by atoms with Gasteiger partial charge in [0.2, 0.25) is 10.0 Å². The Kier molecular flexibility index (Phi) is 5.90. The average Bonchev–Trinajstić information content (AvgIpc) is 2.51. The van der Waals surface area contributed by atoms with E-state index < -0.39 is 10.0 Å². The number of sulfonamides is 1.